The second kappa shape index (κ2) is 18.2. The van der Waals surface area contributed by atoms with E-state index in [4.69, 9.17) is 5.11 Å². The minimum Gasteiger partial charge on any atom is -0.396 e. The third kappa shape index (κ3) is 15.2. The van der Waals surface area contributed by atoms with Crippen molar-refractivity contribution in [2.45, 2.75) is 117 Å². The van der Waals surface area contributed by atoms with Crippen LogP contribution in [-0.2, 0) is 0 Å². The molecule has 3 heteroatoms. The van der Waals surface area contributed by atoms with Crippen molar-refractivity contribution in [1.29, 1.82) is 0 Å². The fourth-order valence-electron chi connectivity index (χ4n) is 2.85. The number of hydrogen-bond acceptors (Lipinski definition) is 3. The predicted molar refractivity (Wildman–Crippen MR) is 101 cm³/mol. The Morgan fingerprint density at radius 2 is 1.09 bits per heavy atom. The molecule has 0 unspecified atom stereocenters. The van der Waals surface area contributed by atoms with Crippen LogP contribution in [0.2, 0.25) is 0 Å². The van der Waals surface area contributed by atoms with E-state index in [1.807, 2.05) is 0 Å². The standard InChI is InChI=1S/C19H40O3.CH4/c1-3-4-5-6-7-8-9-10-11-12-13-14-15-18(21)19(22)17(2)16-20;/h17-22H,3-16H2,1-2H3;1H4/t17-,18+,19-;/m1./s1. The molecule has 23 heavy (non-hydrogen) atoms. The fraction of sp³-hybridized carbons (Fsp3) is 1.00. The molecule has 142 valence electrons. The molecule has 0 bridgehead atoms. The van der Waals surface area contributed by atoms with E-state index in [2.05, 4.69) is 6.92 Å². The lowest BCUT2D eigenvalue weighted by Crippen LogP contribution is -2.33. The second-order valence-corrected chi connectivity index (χ2v) is 6.90. The zero-order valence-corrected chi connectivity index (χ0v) is 15.0. The summed E-state index contributed by atoms with van der Waals surface area (Å²) in [4.78, 5) is 0. The Labute approximate surface area is 145 Å². The van der Waals surface area contributed by atoms with Gasteiger partial charge in [0, 0.05) is 12.5 Å². The molecule has 0 amide bonds. The van der Waals surface area contributed by atoms with Crippen molar-refractivity contribution in [3.63, 3.8) is 0 Å². The van der Waals surface area contributed by atoms with E-state index in [0.29, 0.717) is 6.42 Å². The van der Waals surface area contributed by atoms with Gasteiger partial charge in [-0.15, -0.1) is 0 Å². The van der Waals surface area contributed by atoms with Crippen LogP contribution < -0.4 is 0 Å². The third-order valence-corrected chi connectivity index (χ3v) is 4.62. The molecule has 0 aliphatic heterocycles. The molecule has 3 atom stereocenters. The Morgan fingerprint density at radius 3 is 1.48 bits per heavy atom. The Balaban J connectivity index is 0. The molecule has 0 aliphatic carbocycles. The van der Waals surface area contributed by atoms with Gasteiger partial charge in [0.1, 0.15) is 0 Å². The normalized spacial score (nSPS) is 15.0. The number of unbranched alkanes of at least 4 members (excludes halogenated alkanes) is 11. The average Bonchev–Trinajstić information content (AvgIpc) is 2.54. The topological polar surface area (TPSA) is 60.7 Å². The van der Waals surface area contributed by atoms with Gasteiger partial charge in [-0.05, 0) is 6.42 Å². The smallest absolute Gasteiger partial charge is 0.0846 e. The molecule has 0 saturated carbocycles. The molecule has 0 aromatic rings. The summed E-state index contributed by atoms with van der Waals surface area (Å²) in [5.74, 6) is -0.243. The van der Waals surface area contributed by atoms with E-state index < -0.39 is 12.2 Å². The summed E-state index contributed by atoms with van der Waals surface area (Å²) in [6.07, 6.45) is 14.8. The van der Waals surface area contributed by atoms with Crippen LogP contribution in [0.1, 0.15) is 105 Å². The van der Waals surface area contributed by atoms with E-state index in [-0.39, 0.29) is 20.0 Å². The highest BCUT2D eigenvalue weighted by Crippen LogP contribution is 2.15. The van der Waals surface area contributed by atoms with Crippen LogP contribution in [0.4, 0.5) is 0 Å². The minimum atomic E-state index is -0.794. The molecule has 0 rings (SSSR count). The third-order valence-electron chi connectivity index (χ3n) is 4.62. The molecule has 0 fully saturated rings. The van der Waals surface area contributed by atoms with Crippen molar-refractivity contribution < 1.29 is 15.3 Å². The van der Waals surface area contributed by atoms with Gasteiger partial charge in [-0.1, -0.05) is 98.3 Å². The van der Waals surface area contributed by atoms with Crippen LogP contribution in [0.15, 0.2) is 0 Å². The minimum absolute atomic E-state index is 0. The molecule has 0 spiro atoms. The number of hydrogen-bond donors (Lipinski definition) is 3. The number of aliphatic hydroxyl groups is 3. The first-order valence-corrected chi connectivity index (χ1v) is 9.60. The number of aliphatic hydroxyl groups excluding tert-OH is 3. The first-order valence-electron chi connectivity index (χ1n) is 9.60. The molecule has 3 N–H and O–H groups in total. The first-order chi connectivity index (χ1) is 10.6. The van der Waals surface area contributed by atoms with Crippen molar-refractivity contribution >= 4 is 0 Å². The summed E-state index contributed by atoms with van der Waals surface area (Å²) in [6, 6.07) is 0. The summed E-state index contributed by atoms with van der Waals surface area (Å²) in [7, 11) is 0. The maximum atomic E-state index is 9.82. The zero-order valence-electron chi connectivity index (χ0n) is 15.0. The Hall–Kier alpha value is -0.120. The fourth-order valence-corrected chi connectivity index (χ4v) is 2.85. The molecular weight excluding hydrogens is 288 g/mol. The van der Waals surface area contributed by atoms with Crippen LogP contribution in [-0.4, -0.2) is 34.1 Å². The Morgan fingerprint density at radius 1 is 0.696 bits per heavy atom. The SMILES string of the molecule is C.CCCCCCCCCCCCCC[C@H](O)[C@H](O)[C@H](C)CO. The zero-order chi connectivity index (χ0) is 16.6. The Kier molecular flexibility index (Phi) is 19.9. The van der Waals surface area contributed by atoms with Gasteiger partial charge >= 0.3 is 0 Å². The van der Waals surface area contributed by atoms with Crippen LogP contribution in [0.5, 0.6) is 0 Å². The van der Waals surface area contributed by atoms with Crippen LogP contribution in [0, 0.1) is 5.92 Å². The summed E-state index contributed by atoms with van der Waals surface area (Å²) in [5.41, 5.74) is 0. The van der Waals surface area contributed by atoms with Crippen molar-refractivity contribution in [3.05, 3.63) is 0 Å². The quantitative estimate of drug-likeness (QED) is 0.346. The maximum Gasteiger partial charge on any atom is 0.0846 e. The average molecular weight is 333 g/mol. The van der Waals surface area contributed by atoms with Crippen molar-refractivity contribution in [3.8, 4) is 0 Å². The lowest BCUT2D eigenvalue weighted by atomic mass is 9.96. The predicted octanol–water partition coefficient (Wildman–Crippen LogP) is 5.06. The van der Waals surface area contributed by atoms with E-state index >= 15 is 0 Å². The van der Waals surface area contributed by atoms with Gasteiger partial charge in [-0.2, -0.15) is 0 Å². The molecular formula is C20H44O3. The van der Waals surface area contributed by atoms with E-state index in [1.54, 1.807) is 6.92 Å². The summed E-state index contributed by atoms with van der Waals surface area (Å²) < 4.78 is 0. The molecule has 3 nitrogen and oxygen atoms in total. The highest BCUT2D eigenvalue weighted by atomic mass is 16.3. The molecule has 0 aromatic heterocycles. The van der Waals surface area contributed by atoms with E-state index in [9.17, 15) is 10.2 Å². The molecule has 0 aromatic carbocycles. The van der Waals surface area contributed by atoms with Crippen LogP contribution >= 0.6 is 0 Å². The highest BCUT2D eigenvalue weighted by Gasteiger charge is 2.21. The lowest BCUT2D eigenvalue weighted by molar-refractivity contribution is -0.0309. The maximum absolute atomic E-state index is 9.82. The highest BCUT2D eigenvalue weighted by molar-refractivity contribution is 4.72. The van der Waals surface area contributed by atoms with Crippen molar-refractivity contribution in [2.24, 2.45) is 5.92 Å². The van der Waals surface area contributed by atoms with E-state index in [1.165, 1.54) is 64.2 Å². The van der Waals surface area contributed by atoms with Crippen molar-refractivity contribution in [2.75, 3.05) is 6.61 Å². The molecule has 0 radical (unpaired) electrons. The summed E-state index contributed by atoms with van der Waals surface area (Å²) >= 11 is 0. The van der Waals surface area contributed by atoms with Crippen molar-refractivity contribution in [1.82, 2.24) is 0 Å². The largest absolute Gasteiger partial charge is 0.396 e. The summed E-state index contributed by atoms with van der Waals surface area (Å²) in [5, 5.41) is 28.5. The molecule has 0 aliphatic rings. The molecule has 0 saturated heterocycles. The van der Waals surface area contributed by atoms with Gasteiger partial charge in [0.15, 0.2) is 0 Å². The Bertz CT molecular complexity index is 221. The van der Waals surface area contributed by atoms with Gasteiger partial charge in [-0.25, -0.2) is 0 Å². The van der Waals surface area contributed by atoms with E-state index in [0.717, 1.165) is 12.8 Å². The first kappa shape index (κ1) is 25.1. The van der Waals surface area contributed by atoms with Gasteiger partial charge in [-0.3, -0.25) is 0 Å². The van der Waals surface area contributed by atoms with Gasteiger partial charge < -0.3 is 15.3 Å². The van der Waals surface area contributed by atoms with Gasteiger partial charge in [0.05, 0.1) is 12.2 Å². The second-order valence-electron chi connectivity index (χ2n) is 6.90. The monoisotopic (exact) mass is 332 g/mol. The van der Waals surface area contributed by atoms with Gasteiger partial charge in [0.25, 0.3) is 0 Å². The van der Waals surface area contributed by atoms with Crippen LogP contribution in [0.25, 0.3) is 0 Å². The summed E-state index contributed by atoms with van der Waals surface area (Å²) in [6.45, 7) is 3.94. The molecule has 0 heterocycles. The number of rotatable bonds is 16. The van der Waals surface area contributed by atoms with Crippen LogP contribution in [0.3, 0.4) is 0 Å². The lowest BCUT2D eigenvalue weighted by Gasteiger charge is -2.22. The van der Waals surface area contributed by atoms with Gasteiger partial charge in [0.2, 0.25) is 0 Å².